The Kier molecular flexibility index (Phi) is 5.77. The number of rotatable bonds is 7. The van der Waals surface area contributed by atoms with Gasteiger partial charge in [0, 0.05) is 30.4 Å². The molecule has 0 N–H and O–H groups in total. The molecule has 6 nitrogen and oxygen atoms in total. The molecular weight excluding hydrogens is 316 g/mol. The zero-order valence-electron chi connectivity index (χ0n) is 13.8. The van der Waals surface area contributed by atoms with Gasteiger partial charge >= 0.3 is 5.97 Å². The van der Waals surface area contributed by atoms with E-state index in [4.69, 9.17) is 4.74 Å². The summed E-state index contributed by atoms with van der Waals surface area (Å²) in [6.45, 7) is 0.965. The number of benzene rings is 1. The quantitative estimate of drug-likeness (QED) is 0.490. The molecule has 1 aromatic carbocycles. The van der Waals surface area contributed by atoms with Crippen LogP contribution in [0.5, 0.6) is 0 Å². The Bertz CT molecular complexity index is 793. The average molecular weight is 335 g/mol. The smallest absolute Gasteiger partial charge is 0.306 e. The molecular formula is C19H19N4O2+. The third-order valence-corrected chi connectivity index (χ3v) is 3.61. The second kappa shape index (κ2) is 8.63. The maximum atomic E-state index is 11.8. The van der Waals surface area contributed by atoms with Crippen LogP contribution in [0.2, 0.25) is 0 Å². The van der Waals surface area contributed by atoms with Crippen LogP contribution in [-0.2, 0) is 22.7 Å². The molecule has 0 radical (unpaired) electrons. The first-order valence-corrected chi connectivity index (χ1v) is 8.14. The van der Waals surface area contributed by atoms with Crippen LogP contribution in [0.1, 0.15) is 18.4 Å². The van der Waals surface area contributed by atoms with Crippen molar-refractivity contribution in [3.05, 3.63) is 72.8 Å². The first kappa shape index (κ1) is 16.7. The molecule has 0 amide bonds. The van der Waals surface area contributed by atoms with E-state index >= 15 is 0 Å². The number of esters is 1. The van der Waals surface area contributed by atoms with Crippen LogP contribution in [0.3, 0.4) is 0 Å². The largest absolute Gasteiger partial charge is 0.461 e. The van der Waals surface area contributed by atoms with E-state index in [1.54, 1.807) is 29.3 Å². The highest BCUT2D eigenvalue weighted by Gasteiger charge is 2.09. The van der Waals surface area contributed by atoms with E-state index in [0.717, 1.165) is 11.1 Å². The van der Waals surface area contributed by atoms with E-state index in [2.05, 4.69) is 15.1 Å². The molecule has 126 valence electrons. The van der Waals surface area contributed by atoms with Crippen molar-refractivity contribution in [3.63, 3.8) is 0 Å². The van der Waals surface area contributed by atoms with E-state index in [9.17, 15) is 4.79 Å². The molecule has 3 rings (SSSR count). The minimum Gasteiger partial charge on any atom is -0.461 e. The van der Waals surface area contributed by atoms with Crippen LogP contribution in [0.25, 0.3) is 11.4 Å². The highest BCUT2D eigenvalue weighted by atomic mass is 16.5. The van der Waals surface area contributed by atoms with Gasteiger partial charge < -0.3 is 4.74 Å². The third-order valence-electron chi connectivity index (χ3n) is 3.61. The average Bonchev–Trinajstić information content (AvgIpc) is 2.68. The lowest BCUT2D eigenvalue weighted by Gasteiger charge is -2.03. The van der Waals surface area contributed by atoms with E-state index in [-0.39, 0.29) is 5.97 Å². The van der Waals surface area contributed by atoms with Crippen molar-refractivity contribution >= 4 is 5.97 Å². The summed E-state index contributed by atoms with van der Waals surface area (Å²) in [5.41, 5.74) is 1.85. The fraction of sp³-hybridized carbons (Fsp3) is 0.211. The molecule has 0 saturated carbocycles. The minimum atomic E-state index is -0.196. The van der Waals surface area contributed by atoms with Gasteiger partial charge in [0.05, 0.1) is 6.42 Å². The van der Waals surface area contributed by atoms with Crippen molar-refractivity contribution in [2.45, 2.75) is 26.0 Å². The molecule has 0 fully saturated rings. The number of aromatic nitrogens is 4. The molecule has 0 aliphatic rings. The van der Waals surface area contributed by atoms with Crippen LogP contribution in [-0.4, -0.2) is 21.0 Å². The predicted molar refractivity (Wildman–Crippen MR) is 90.9 cm³/mol. The summed E-state index contributed by atoms with van der Waals surface area (Å²) < 4.78 is 7.05. The number of carbonyl (C=O) groups is 1. The second-order valence-corrected chi connectivity index (χ2v) is 5.50. The highest BCUT2D eigenvalue weighted by Crippen LogP contribution is 2.09. The van der Waals surface area contributed by atoms with Crippen molar-refractivity contribution in [2.75, 3.05) is 0 Å². The van der Waals surface area contributed by atoms with Gasteiger partial charge in [-0.1, -0.05) is 35.0 Å². The third kappa shape index (κ3) is 5.17. The van der Waals surface area contributed by atoms with E-state index in [1.165, 1.54) is 0 Å². The minimum absolute atomic E-state index is 0.196. The Labute approximate surface area is 146 Å². The van der Waals surface area contributed by atoms with Gasteiger partial charge in [-0.2, -0.15) is 0 Å². The molecule has 0 unspecified atom stereocenters. The summed E-state index contributed by atoms with van der Waals surface area (Å²) in [7, 11) is 0. The fourth-order valence-electron chi connectivity index (χ4n) is 2.29. The number of ether oxygens (including phenoxy) is 1. The van der Waals surface area contributed by atoms with Gasteiger partial charge in [-0.15, -0.1) is 0 Å². The van der Waals surface area contributed by atoms with Crippen molar-refractivity contribution in [3.8, 4) is 11.4 Å². The van der Waals surface area contributed by atoms with E-state index in [1.807, 2.05) is 42.6 Å². The van der Waals surface area contributed by atoms with Gasteiger partial charge in [0.1, 0.15) is 12.8 Å². The molecule has 3 aromatic rings. The van der Waals surface area contributed by atoms with Crippen molar-refractivity contribution in [1.82, 2.24) is 15.1 Å². The lowest BCUT2D eigenvalue weighted by molar-refractivity contribution is -0.754. The van der Waals surface area contributed by atoms with Crippen molar-refractivity contribution < 1.29 is 14.2 Å². The molecule has 0 aliphatic heterocycles. The van der Waals surface area contributed by atoms with Gasteiger partial charge in [-0.05, 0) is 16.7 Å². The molecule has 0 spiro atoms. The van der Waals surface area contributed by atoms with Crippen LogP contribution >= 0.6 is 0 Å². The number of nitrogens with zero attached hydrogens (tertiary/aromatic N) is 4. The van der Waals surface area contributed by atoms with Gasteiger partial charge in [-0.25, -0.2) is 9.97 Å². The van der Waals surface area contributed by atoms with Gasteiger partial charge in [0.15, 0.2) is 18.6 Å². The number of hydrogen-bond acceptors (Lipinski definition) is 5. The lowest BCUT2D eigenvalue weighted by atomic mass is 10.2. The molecule has 0 saturated heterocycles. The lowest BCUT2D eigenvalue weighted by Crippen LogP contribution is -2.37. The summed E-state index contributed by atoms with van der Waals surface area (Å²) >= 11 is 0. The summed E-state index contributed by atoms with van der Waals surface area (Å²) in [5.74, 6) is 0.449. The van der Waals surface area contributed by atoms with Crippen molar-refractivity contribution in [2.24, 2.45) is 0 Å². The molecule has 25 heavy (non-hydrogen) atoms. The standard InChI is InChI=1S/C19H19N4O2/c24-18(25-15-16-6-2-1-3-7-16)8-4-12-23-13-9-17(14-22-23)19-20-10-5-11-21-19/h1-3,5-7,9-11,13-14H,4,8,12,15H2/q+1. The van der Waals surface area contributed by atoms with Crippen LogP contribution in [0.15, 0.2) is 67.3 Å². The number of hydrogen-bond donors (Lipinski definition) is 0. The Morgan fingerprint density at radius 3 is 2.56 bits per heavy atom. The summed E-state index contributed by atoms with van der Waals surface area (Å²) in [6.07, 6.45) is 8.02. The SMILES string of the molecule is O=C(CCC[n+]1ccc(-c2ncccn2)cn1)OCc1ccccc1. The molecule has 0 bridgehead atoms. The Balaban J connectivity index is 1.42. The Morgan fingerprint density at radius 1 is 1.04 bits per heavy atom. The zero-order valence-corrected chi connectivity index (χ0v) is 13.8. The molecule has 6 heteroatoms. The molecule has 0 atom stereocenters. The number of carbonyl (C=O) groups excluding carboxylic acids is 1. The molecule has 2 heterocycles. The van der Waals surface area contributed by atoms with E-state index < -0.39 is 0 Å². The maximum Gasteiger partial charge on any atom is 0.306 e. The van der Waals surface area contributed by atoms with Crippen LogP contribution < -0.4 is 4.68 Å². The normalized spacial score (nSPS) is 10.4. The van der Waals surface area contributed by atoms with Crippen LogP contribution in [0, 0.1) is 0 Å². The summed E-state index contributed by atoms with van der Waals surface area (Å²) in [5, 5.41) is 4.33. The van der Waals surface area contributed by atoms with Gasteiger partial charge in [0.25, 0.3) is 0 Å². The number of aryl methyl sites for hydroxylation is 1. The predicted octanol–water partition coefficient (Wildman–Crippen LogP) is 2.35. The Morgan fingerprint density at radius 2 is 1.84 bits per heavy atom. The van der Waals surface area contributed by atoms with Crippen LogP contribution in [0.4, 0.5) is 0 Å². The summed E-state index contributed by atoms with van der Waals surface area (Å²) in [4.78, 5) is 20.2. The Hall–Kier alpha value is -3.15. The first-order chi connectivity index (χ1) is 12.3. The zero-order chi connectivity index (χ0) is 17.3. The van der Waals surface area contributed by atoms with E-state index in [0.29, 0.717) is 31.8 Å². The van der Waals surface area contributed by atoms with Gasteiger partial charge in [-0.3, -0.25) is 4.79 Å². The monoisotopic (exact) mass is 335 g/mol. The second-order valence-electron chi connectivity index (χ2n) is 5.50. The highest BCUT2D eigenvalue weighted by molar-refractivity contribution is 5.69. The maximum absolute atomic E-state index is 11.8. The van der Waals surface area contributed by atoms with Crippen molar-refractivity contribution in [1.29, 1.82) is 0 Å². The van der Waals surface area contributed by atoms with Gasteiger partial charge in [0.2, 0.25) is 0 Å². The fourth-order valence-corrected chi connectivity index (χ4v) is 2.29. The molecule has 0 aliphatic carbocycles. The first-order valence-electron chi connectivity index (χ1n) is 8.14. The summed E-state index contributed by atoms with van der Waals surface area (Å²) in [6, 6.07) is 13.3. The molecule has 2 aromatic heterocycles. The topological polar surface area (TPSA) is 68.9 Å².